The van der Waals surface area contributed by atoms with E-state index in [0.717, 1.165) is 15.6 Å². The lowest BCUT2D eigenvalue weighted by atomic mass is 9.91. The van der Waals surface area contributed by atoms with Crippen molar-refractivity contribution in [3.05, 3.63) is 70.1 Å². The second-order valence-electron chi connectivity index (χ2n) is 7.53. The summed E-state index contributed by atoms with van der Waals surface area (Å²) in [4.78, 5) is 25.3. The van der Waals surface area contributed by atoms with Crippen LogP contribution < -0.4 is 10.8 Å². The van der Waals surface area contributed by atoms with Crippen molar-refractivity contribution in [2.75, 3.05) is 20.0 Å². The highest BCUT2D eigenvalue weighted by atomic mass is 35.5. The number of carbonyl (C=O) groups excluding carboxylic acids is 2. The van der Waals surface area contributed by atoms with E-state index in [2.05, 4.69) is 5.32 Å². The van der Waals surface area contributed by atoms with Crippen LogP contribution in [0.2, 0.25) is 5.02 Å². The topological polar surface area (TPSA) is 96.9 Å². The second kappa shape index (κ2) is 12.7. The number of thiophene rings is 1. The largest absolute Gasteiger partial charge is 0.356 e. The van der Waals surface area contributed by atoms with E-state index < -0.39 is 17.9 Å². The van der Waals surface area contributed by atoms with Gasteiger partial charge in [0.25, 0.3) is 5.91 Å². The predicted octanol–water partition coefficient (Wildman–Crippen LogP) is 4.42. The molecule has 2 aromatic carbocycles. The number of hydrogen-bond donors (Lipinski definition) is 3. The molecule has 0 bridgehead atoms. The molecular weight excluding hydrogens is 464 g/mol. The minimum absolute atomic E-state index is 0.0792. The maximum atomic E-state index is 12.8. The molecule has 0 saturated heterocycles. The second-order valence-corrected chi connectivity index (χ2v) is 8.88. The Labute approximate surface area is 201 Å². The molecule has 0 saturated carbocycles. The molecule has 3 N–H and O–H groups in total. The van der Waals surface area contributed by atoms with Gasteiger partial charge in [-0.15, -0.1) is 11.3 Å². The highest BCUT2D eigenvalue weighted by Gasteiger charge is 2.26. The van der Waals surface area contributed by atoms with E-state index in [0.29, 0.717) is 23.6 Å². The van der Waals surface area contributed by atoms with Gasteiger partial charge in [0.1, 0.15) is 6.79 Å². The molecule has 0 radical (unpaired) electrons. The molecule has 3 aromatic rings. The van der Waals surface area contributed by atoms with Gasteiger partial charge in [0, 0.05) is 27.8 Å². The van der Waals surface area contributed by atoms with Crippen molar-refractivity contribution >= 4 is 44.8 Å². The number of hydroxylamine groups is 1. The van der Waals surface area contributed by atoms with Crippen molar-refractivity contribution in [2.24, 2.45) is 5.92 Å². The van der Waals surface area contributed by atoms with Gasteiger partial charge in [-0.25, -0.2) is 5.48 Å². The molecule has 0 aliphatic carbocycles. The highest BCUT2D eigenvalue weighted by molar-refractivity contribution is 7.17. The molecule has 0 aliphatic rings. The third-order valence-electron chi connectivity index (χ3n) is 5.21. The number of hydrogen-bond acceptors (Lipinski definition) is 6. The molecular formula is C24H27ClN2O5S. The third-order valence-corrected chi connectivity index (χ3v) is 6.47. The van der Waals surface area contributed by atoms with Crippen LogP contribution in [-0.4, -0.2) is 43.1 Å². The van der Waals surface area contributed by atoms with E-state index in [1.807, 2.05) is 36.6 Å². The molecule has 0 fully saturated rings. The molecule has 0 spiro atoms. The molecule has 1 aromatic heterocycles. The Hall–Kier alpha value is -2.49. The number of halogens is 1. The molecule has 2 atom stereocenters. The van der Waals surface area contributed by atoms with Crippen LogP contribution in [0, 0.1) is 5.92 Å². The minimum Gasteiger partial charge on any atom is -0.356 e. The third kappa shape index (κ3) is 7.25. The highest BCUT2D eigenvalue weighted by Crippen LogP contribution is 2.29. The first-order chi connectivity index (χ1) is 16.0. The summed E-state index contributed by atoms with van der Waals surface area (Å²) in [5.74, 6) is -1.40. The summed E-state index contributed by atoms with van der Waals surface area (Å²) in [6, 6.07) is 14.0. The molecule has 3 rings (SSSR count). The molecule has 33 heavy (non-hydrogen) atoms. The number of fused-ring (bicyclic) bond motifs is 1. The van der Waals surface area contributed by atoms with Crippen molar-refractivity contribution in [1.82, 2.24) is 10.8 Å². The molecule has 0 unspecified atom stereocenters. The Morgan fingerprint density at radius 2 is 1.88 bits per heavy atom. The fourth-order valence-electron chi connectivity index (χ4n) is 3.55. The summed E-state index contributed by atoms with van der Waals surface area (Å²) in [5, 5.41) is 15.9. The van der Waals surface area contributed by atoms with Gasteiger partial charge in [-0.3, -0.25) is 14.8 Å². The van der Waals surface area contributed by atoms with E-state index in [-0.39, 0.29) is 25.7 Å². The van der Waals surface area contributed by atoms with Crippen LogP contribution in [0.3, 0.4) is 0 Å². The SMILES string of the molecule is CCOCOC[C@H](C[C@H](Cc1csc2ccccc12)C(=O)NO)NC(=O)c1ccc(Cl)cc1. The summed E-state index contributed by atoms with van der Waals surface area (Å²) in [7, 11) is 0. The van der Waals surface area contributed by atoms with Crippen LogP contribution >= 0.6 is 22.9 Å². The van der Waals surface area contributed by atoms with Gasteiger partial charge in [-0.1, -0.05) is 29.8 Å². The maximum absolute atomic E-state index is 12.8. The van der Waals surface area contributed by atoms with Gasteiger partial charge >= 0.3 is 0 Å². The van der Waals surface area contributed by atoms with Crippen molar-refractivity contribution in [2.45, 2.75) is 25.8 Å². The number of rotatable bonds is 12. The Kier molecular flexibility index (Phi) is 9.65. The molecule has 2 amide bonds. The number of ether oxygens (including phenoxy) is 2. The van der Waals surface area contributed by atoms with Crippen molar-refractivity contribution in [1.29, 1.82) is 0 Å². The summed E-state index contributed by atoms with van der Waals surface area (Å²) >= 11 is 7.52. The lowest BCUT2D eigenvalue weighted by molar-refractivity contribution is -0.134. The maximum Gasteiger partial charge on any atom is 0.251 e. The molecule has 176 valence electrons. The first kappa shape index (κ1) is 25.1. The van der Waals surface area contributed by atoms with Crippen LogP contribution in [0.4, 0.5) is 0 Å². The zero-order chi connectivity index (χ0) is 23.6. The number of benzene rings is 2. The Morgan fingerprint density at radius 3 is 2.61 bits per heavy atom. The van der Waals surface area contributed by atoms with Gasteiger partial charge in [-0.05, 0) is 66.4 Å². The number of nitrogens with one attached hydrogen (secondary N) is 2. The molecule has 7 nitrogen and oxygen atoms in total. The normalized spacial score (nSPS) is 12.9. The van der Waals surface area contributed by atoms with Gasteiger partial charge in [-0.2, -0.15) is 0 Å². The lowest BCUT2D eigenvalue weighted by Crippen LogP contribution is -2.42. The Bertz CT molecular complexity index is 1060. The number of carbonyl (C=O) groups is 2. The Morgan fingerprint density at radius 1 is 1.12 bits per heavy atom. The van der Waals surface area contributed by atoms with Crippen LogP contribution in [0.25, 0.3) is 10.1 Å². The van der Waals surface area contributed by atoms with Crippen LogP contribution in [0.15, 0.2) is 53.9 Å². The fraction of sp³-hybridized carbons (Fsp3) is 0.333. The van der Waals surface area contributed by atoms with E-state index in [1.165, 1.54) is 0 Å². The summed E-state index contributed by atoms with van der Waals surface area (Å²) in [6.07, 6.45) is 0.678. The van der Waals surface area contributed by atoms with Crippen LogP contribution in [-0.2, 0) is 20.7 Å². The smallest absolute Gasteiger partial charge is 0.251 e. The zero-order valence-corrected chi connectivity index (χ0v) is 19.8. The first-order valence-electron chi connectivity index (χ1n) is 10.6. The number of amides is 2. The van der Waals surface area contributed by atoms with E-state index >= 15 is 0 Å². The van der Waals surface area contributed by atoms with E-state index in [9.17, 15) is 14.8 Å². The first-order valence-corrected chi connectivity index (χ1v) is 11.9. The summed E-state index contributed by atoms with van der Waals surface area (Å²) in [6.45, 7) is 2.59. The molecule has 1 heterocycles. The van der Waals surface area contributed by atoms with Crippen molar-refractivity contribution in [3.63, 3.8) is 0 Å². The van der Waals surface area contributed by atoms with Gasteiger partial charge < -0.3 is 14.8 Å². The quantitative estimate of drug-likeness (QED) is 0.151. The van der Waals surface area contributed by atoms with E-state index in [1.54, 1.807) is 41.1 Å². The fourth-order valence-corrected chi connectivity index (χ4v) is 4.65. The average Bonchev–Trinajstić information content (AvgIpc) is 3.24. The molecule has 9 heteroatoms. The van der Waals surface area contributed by atoms with Crippen molar-refractivity contribution < 1.29 is 24.3 Å². The summed E-state index contributed by atoms with van der Waals surface area (Å²) in [5.41, 5.74) is 3.23. The summed E-state index contributed by atoms with van der Waals surface area (Å²) < 4.78 is 11.9. The van der Waals surface area contributed by atoms with Crippen molar-refractivity contribution in [3.8, 4) is 0 Å². The Balaban J connectivity index is 1.76. The average molecular weight is 491 g/mol. The van der Waals surface area contributed by atoms with E-state index in [4.69, 9.17) is 21.1 Å². The van der Waals surface area contributed by atoms with Crippen LogP contribution in [0.5, 0.6) is 0 Å². The minimum atomic E-state index is -0.584. The lowest BCUT2D eigenvalue weighted by Gasteiger charge is -2.23. The van der Waals surface area contributed by atoms with Gasteiger partial charge in [0.2, 0.25) is 5.91 Å². The monoisotopic (exact) mass is 490 g/mol. The molecule has 0 aliphatic heterocycles. The van der Waals surface area contributed by atoms with Gasteiger partial charge in [0.05, 0.1) is 12.6 Å². The zero-order valence-electron chi connectivity index (χ0n) is 18.3. The van der Waals surface area contributed by atoms with Crippen LogP contribution in [0.1, 0.15) is 29.3 Å². The van der Waals surface area contributed by atoms with Gasteiger partial charge in [0.15, 0.2) is 0 Å². The standard InChI is InChI=1S/C24H27ClN2O5S/c1-2-31-15-32-13-20(26-23(28)16-7-9-19(25)10-8-16)12-17(24(29)27-30)11-18-14-33-22-6-4-3-5-21(18)22/h3-10,14,17,20,30H,2,11-13,15H2,1H3,(H,26,28)(H,27,29)/t17-,20-/m0/s1. The predicted molar refractivity (Wildman–Crippen MR) is 129 cm³/mol.